The van der Waals surface area contributed by atoms with Gasteiger partial charge in [-0.1, -0.05) is 20.8 Å². The highest BCUT2D eigenvalue weighted by molar-refractivity contribution is 5.93. The van der Waals surface area contributed by atoms with Crippen LogP contribution >= 0.6 is 0 Å². The Hall–Kier alpha value is -0.790. The van der Waals surface area contributed by atoms with E-state index >= 15 is 0 Å². The summed E-state index contributed by atoms with van der Waals surface area (Å²) in [5.41, 5.74) is -0.257. The van der Waals surface area contributed by atoms with E-state index in [2.05, 4.69) is 0 Å². The van der Waals surface area contributed by atoms with E-state index in [-0.39, 0.29) is 11.2 Å². The number of ketones is 1. The summed E-state index contributed by atoms with van der Waals surface area (Å²) in [6.07, 6.45) is 3.38. The van der Waals surface area contributed by atoms with Gasteiger partial charge in [0.05, 0.1) is 0 Å². The van der Waals surface area contributed by atoms with Crippen molar-refractivity contribution in [2.75, 3.05) is 14.1 Å². The molecular formula is C9H17NO. The maximum Gasteiger partial charge on any atom is 0.162 e. The lowest BCUT2D eigenvalue weighted by Gasteiger charge is -2.13. The van der Waals surface area contributed by atoms with E-state index in [4.69, 9.17) is 0 Å². The summed E-state index contributed by atoms with van der Waals surface area (Å²) >= 11 is 0. The largest absolute Gasteiger partial charge is 0.383 e. The zero-order chi connectivity index (χ0) is 9.07. The zero-order valence-electron chi connectivity index (χ0n) is 8.01. The molecule has 0 saturated heterocycles. The lowest BCUT2D eigenvalue weighted by molar-refractivity contribution is -0.121. The molecular weight excluding hydrogens is 138 g/mol. The Morgan fingerprint density at radius 1 is 1.27 bits per heavy atom. The van der Waals surface area contributed by atoms with Gasteiger partial charge in [0, 0.05) is 25.7 Å². The highest BCUT2D eigenvalue weighted by atomic mass is 16.1. The molecule has 0 aromatic heterocycles. The van der Waals surface area contributed by atoms with Crippen molar-refractivity contribution in [1.29, 1.82) is 0 Å². The van der Waals surface area contributed by atoms with Gasteiger partial charge in [0.2, 0.25) is 0 Å². The van der Waals surface area contributed by atoms with Gasteiger partial charge in [0.25, 0.3) is 0 Å². The summed E-state index contributed by atoms with van der Waals surface area (Å²) in [6, 6.07) is 0. The maximum absolute atomic E-state index is 11.3. The van der Waals surface area contributed by atoms with Gasteiger partial charge in [-0.15, -0.1) is 0 Å². The van der Waals surface area contributed by atoms with Crippen LogP contribution in [0.25, 0.3) is 0 Å². The van der Waals surface area contributed by atoms with Gasteiger partial charge >= 0.3 is 0 Å². The van der Waals surface area contributed by atoms with Crippen LogP contribution in [0.15, 0.2) is 12.3 Å². The topological polar surface area (TPSA) is 20.3 Å². The molecule has 0 aliphatic carbocycles. The quantitative estimate of drug-likeness (QED) is 0.565. The predicted molar refractivity (Wildman–Crippen MR) is 47.3 cm³/mol. The Balaban J connectivity index is 4.09. The number of carbonyl (C=O) groups excluding carboxylic acids is 1. The van der Waals surface area contributed by atoms with Crippen LogP contribution in [-0.4, -0.2) is 24.8 Å². The zero-order valence-corrected chi connectivity index (χ0v) is 8.01. The molecule has 0 spiro atoms. The van der Waals surface area contributed by atoms with E-state index in [0.29, 0.717) is 0 Å². The van der Waals surface area contributed by atoms with E-state index in [0.717, 1.165) is 0 Å². The molecule has 0 aliphatic rings. The minimum atomic E-state index is -0.257. The van der Waals surface area contributed by atoms with Crippen LogP contribution in [0.1, 0.15) is 20.8 Å². The molecule has 0 N–H and O–H groups in total. The van der Waals surface area contributed by atoms with Crippen molar-refractivity contribution >= 4 is 5.78 Å². The minimum Gasteiger partial charge on any atom is -0.383 e. The summed E-state index contributed by atoms with van der Waals surface area (Å²) < 4.78 is 0. The monoisotopic (exact) mass is 155 g/mol. The molecule has 0 rings (SSSR count). The molecule has 0 unspecified atom stereocenters. The van der Waals surface area contributed by atoms with Gasteiger partial charge in [0.1, 0.15) is 0 Å². The standard InChI is InChI=1S/C9H17NO/c1-9(2,3)8(11)6-7-10(4)5/h6-7H,1-5H3. The summed E-state index contributed by atoms with van der Waals surface area (Å²) in [7, 11) is 3.79. The summed E-state index contributed by atoms with van der Waals surface area (Å²) in [5.74, 6) is 0.159. The third-order valence-corrected chi connectivity index (χ3v) is 1.26. The molecule has 0 amide bonds. The van der Waals surface area contributed by atoms with E-state index < -0.39 is 0 Å². The van der Waals surface area contributed by atoms with Crippen molar-refractivity contribution in [2.24, 2.45) is 5.41 Å². The fourth-order valence-electron chi connectivity index (χ4n) is 0.467. The molecule has 64 valence electrons. The first kappa shape index (κ1) is 10.2. The van der Waals surface area contributed by atoms with Crippen LogP contribution in [0, 0.1) is 5.41 Å². The van der Waals surface area contributed by atoms with Crippen LogP contribution < -0.4 is 0 Å². The highest BCUT2D eigenvalue weighted by Crippen LogP contribution is 2.14. The third-order valence-electron chi connectivity index (χ3n) is 1.26. The molecule has 0 radical (unpaired) electrons. The molecule has 11 heavy (non-hydrogen) atoms. The number of hydrogen-bond donors (Lipinski definition) is 0. The Labute approximate surface area is 68.9 Å². The lowest BCUT2D eigenvalue weighted by atomic mass is 9.91. The molecule has 2 heteroatoms. The third kappa shape index (κ3) is 4.59. The Morgan fingerprint density at radius 2 is 1.73 bits per heavy atom. The van der Waals surface area contributed by atoms with Crippen LogP contribution in [0.2, 0.25) is 0 Å². The Kier molecular flexibility index (Phi) is 3.30. The van der Waals surface area contributed by atoms with Gasteiger partial charge in [-0.25, -0.2) is 0 Å². The van der Waals surface area contributed by atoms with Crippen molar-refractivity contribution in [3.63, 3.8) is 0 Å². The smallest absolute Gasteiger partial charge is 0.162 e. The molecule has 0 aromatic rings. The maximum atomic E-state index is 11.3. The van der Waals surface area contributed by atoms with Crippen LogP contribution in [0.5, 0.6) is 0 Å². The second-order valence-electron chi connectivity index (χ2n) is 3.89. The van der Waals surface area contributed by atoms with Crippen LogP contribution in [0.3, 0.4) is 0 Å². The summed E-state index contributed by atoms with van der Waals surface area (Å²) in [5, 5.41) is 0. The molecule has 0 aliphatic heterocycles. The lowest BCUT2D eigenvalue weighted by Crippen LogP contribution is -2.18. The number of carbonyl (C=O) groups is 1. The van der Waals surface area contributed by atoms with Crippen LogP contribution in [-0.2, 0) is 4.79 Å². The van der Waals surface area contributed by atoms with Crippen molar-refractivity contribution in [2.45, 2.75) is 20.8 Å². The van der Waals surface area contributed by atoms with E-state index in [1.165, 1.54) is 0 Å². The number of rotatable bonds is 2. The second kappa shape index (κ2) is 3.56. The first-order chi connectivity index (χ1) is 4.84. The fourth-order valence-corrected chi connectivity index (χ4v) is 0.467. The fraction of sp³-hybridized carbons (Fsp3) is 0.667. The van der Waals surface area contributed by atoms with E-state index in [1.54, 1.807) is 12.3 Å². The Bertz CT molecular complexity index is 163. The molecule has 0 saturated carbocycles. The number of nitrogens with zero attached hydrogens (tertiary/aromatic N) is 1. The molecule has 0 bridgehead atoms. The summed E-state index contributed by atoms with van der Waals surface area (Å²) in [6.45, 7) is 5.74. The molecule has 2 nitrogen and oxygen atoms in total. The first-order valence-corrected chi connectivity index (χ1v) is 3.73. The normalized spacial score (nSPS) is 12.1. The summed E-state index contributed by atoms with van der Waals surface area (Å²) in [4.78, 5) is 13.1. The Morgan fingerprint density at radius 3 is 2.00 bits per heavy atom. The molecule has 0 heterocycles. The molecule has 0 fully saturated rings. The van der Waals surface area contributed by atoms with Gasteiger partial charge in [0.15, 0.2) is 5.78 Å². The number of allylic oxidation sites excluding steroid dienone is 1. The van der Waals surface area contributed by atoms with Crippen molar-refractivity contribution < 1.29 is 4.79 Å². The van der Waals surface area contributed by atoms with Gasteiger partial charge in [-0.2, -0.15) is 0 Å². The van der Waals surface area contributed by atoms with Crippen LogP contribution in [0.4, 0.5) is 0 Å². The average Bonchev–Trinajstić information content (AvgIpc) is 1.80. The van der Waals surface area contributed by atoms with Gasteiger partial charge in [-0.3, -0.25) is 4.79 Å². The first-order valence-electron chi connectivity index (χ1n) is 3.73. The predicted octanol–water partition coefficient (Wildman–Crippen LogP) is 1.68. The van der Waals surface area contributed by atoms with Crippen molar-refractivity contribution in [3.05, 3.63) is 12.3 Å². The van der Waals surface area contributed by atoms with Gasteiger partial charge < -0.3 is 4.90 Å². The average molecular weight is 155 g/mol. The molecule has 0 aromatic carbocycles. The number of hydrogen-bond acceptors (Lipinski definition) is 2. The van der Waals surface area contributed by atoms with E-state index in [1.807, 2.05) is 39.8 Å². The van der Waals surface area contributed by atoms with Crippen molar-refractivity contribution in [1.82, 2.24) is 4.90 Å². The molecule has 0 atom stereocenters. The highest BCUT2D eigenvalue weighted by Gasteiger charge is 2.17. The minimum absolute atomic E-state index is 0.159. The SMILES string of the molecule is CN(C)C=CC(=O)C(C)(C)C. The van der Waals surface area contributed by atoms with Crippen molar-refractivity contribution in [3.8, 4) is 0 Å². The van der Waals surface area contributed by atoms with Gasteiger partial charge in [-0.05, 0) is 6.08 Å². The second-order valence-corrected chi connectivity index (χ2v) is 3.89. The van der Waals surface area contributed by atoms with E-state index in [9.17, 15) is 4.79 Å².